The average Bonchev–Trinajstić information content (AvgIpc) is 2.41. The normalized spacial score (nSPS) is 19.7. The van der Waals surface area contributed by atoms with Crippen molar-refractivity contribution in [2.45, 2.75) is 25.9 Å². The molecule has 0 radical (unpaired) electrons. The zero-order chi connectivity index (χ0) is 13.3. The fraction of sp³-hybridized carbons (Fsp3) is 0.438. The van der Waals surface area contributed by atoms with Gasteiger partial charge in [-0.15, -0.1) is 0 Å². The van der Waals surface area contributed by atoms with E-state index in [1.54, 1.807) is 0 Å². The van der Waals surface area contributed by atoms with Gasteiger partial charge in [0, 0.05) is 43.3 Å². The molecule has 1 aliphatic heterocycles. The topological polar surface area (TPSA) is 28.2 Å². The average molecular weight is 255 g/mol. The second-order valence-electron chi connectivity index (χ2n) is 5.94. The van der Waals surface area contributed by atoms with Crippen molar-refractivity contribution in [1.29, 1.82) is 0 Å². The summed E-state index contributed by atoms with van der Waals surface area (Å²) in [6.45, 7) is 8.88. The van der Waals surface area contributed by atoms with Crippen molar-refractivity contribution >= 4 is 10.9 Å². The largest absolute Gasteiger partial charge is 0.314 e. The van der Waals surface area contributed by atoms with Gasteiger partial charge in [0.15, 0.2) is 0 Å². The molecule has 3 nitrogen and oxygen atoms in total. The maximum atomic E-state index is 4.37. The Labute approximate surface area is 114 Å². The summed E-state index contributed by atoms with van der Waals surface area (Å²) in [6.07, 6.45) is 1.85. The molecule has 19 heavy (non-hydrogen) atoms. The van der Waals surface area contributed by atoms with Crippen molar-refractivity contribution in [3.05, 3.63) is 42.1 Å². The number of piperazine rings is 1. The van der Waals surface area contributed by atoms with E-state index in [1.165, 1.54) is 10.9 Å². The van der Waals surface area contributed by atoms with E-state index in [-0.39, 0.29) is 5.54 Å². The smallest absolute Gasteiger partial charge is 0.0702 e. The second kappa shape index (κ2) is 4.91. The van der Waals surface area contributed by atoms with E-state index in [4.69, 9.17) is 0 Å². The molecule has 100 valence electrons. The fourth-order valence-corrected chi connectivity index (χ4v) is 2.76. The van der Waals surface area contributed by atoms with Gasteiger partial charge in [0.2, 0.25) is 0 Å². The Bertz CT molecular complexity index is 577. The molecule has 1 aliphatic rings. The van der Waals surface area contributed by atoms with E-state index in [0.29, 0.717) is 0 Å². The predicted molar refractivity (Wildman–Crippen MR) is 79.1 cm³/mol. The highest BCUT2D eigenvalue weighted by atomic mass is 15.2. The van der Waals surface area contributed by atoms with Crippen LogP contribution < -0.4 is 5.32 Å². The molecule has 3 heteroatoms. The van der Waals surface area contributed by atoms with Gasteiger partial charge in [-0.2, -0.15) is 0 Å². The van der Waals surface area contributed by atoms with E-state index in [2.05, 4.69) is 53.3 Å². The maximum absolute atomic E-state index is 4.37. The molecule has 0 unspecified atom stereocenters. The number of nitrogens with zero attached hydrogens (tertiary/aromatic N) is 2. The molecule has 1 fully saturated rings. The lowest BCUT2D eigenvalue weighted by Gasteiger charge is -2.43. The molecule has 0 atom stereocenters. The molecular formula is C16H21N3. The summed E-state index contributed by atoms with van der Waals surface area (Å²) in [4.78, 5) is 6.93. The van der Waals surface area contributed by atoms with Gasteiger partial charge >= 0.3 is 0 Å². The van der Waals surface area contributed by atoms with Gasteiger partial charge in [0.25, 0.3) is 0 Å². The van der Waals surface area contributed by atoms with Gasteiger partial charge < -0.3 is 5.32 Å². The number of fused-ring (bicyclic) bond motifs is 1. The first-order chi connectivity index (χ1) is 9.15. The fourth-order valence-electron chi connectivity index (χ4n) is 2.76. The molecule has 3 rings (SSSR count). The van der Waals surface area contributed by atoms with Crippen molar-refractivity contribution in [1.82, 2.24) is 15.2 Å². The highest BCUT2D eigenvalue weighted by Gasteiger charge is 2.29. The van der Waals surface area contributed by atoms with Crippen LogP contribution in [-0.4, -0.2) is 35.1 Å². The number of nitrogens with one attached hydrogen (secondary N) is 1. The van der Waals surface area contributed by atoms with E-state index in [1.807, 2.05) is 12.3 Å². The molecule has 2 heterocycles. The summed E-state index contributed by atoms with van der Waals surface area (Å²) in [5.41, 5.74) is 2.67. The van der Waals surface area contributed by atoms with Crippen LogP contribution in [0, 0.1) is 0 Å². The lowest BCUT2D eigenvalue weighted by atomic mass is 9.99. The molecule has 2 aromatic rings. The first-order valence-corrected chi connectivity index (χ1v) is 6.95. The van der Waals surface area contributed by atoms with Gasteiger partial charge in [-0.05, 0) is 37.6 Å². The number of hydrogen-bond donors (Lipinski definition) is 1. The summed E-state index contributed by atoms with van der Waals surface area (Å²) < 4.78 is 0. The third-order valence-electron chi connectivity index (χ3n) is 4.01. The SMILES string of the molecule is CC1(C)CNCCN1Cc1ccc2ncccc2c1. The van der Waals surface area contributed by atoms with Crippen LogP contribution in [0.2, 0.25) is 0 Å². The first-order valence-electron chi connectivity index (χ1n) is 6.95. The molecule has 0 bridgehead atoms. The lowest BCUT2D eigenvalue weighted by Crippen LogP contribution is -2.57. The lowest BCUT2D eigenvalue weighted by molar-refractivity contribution is 0.0828. The zero-order valence-corrected chi connectivity index (χ0v) is 11.7. The van der Waals surface area contributed by atoms with Gasteiger partial charge in [0.05, 0.1) is 5.52 Å². The Balaban J connectivity index is 1.84. The number of aromatic nitrogens is 1. The molecule has 0 amide bonds. The van der Waals surface area contributed by atoms with E-state index >= 15 is 0 Å². The summed E-state index contributed by atoms with van der Waals surface area (Å²) in [6, 6.07) is 10.7. The molecule has 0 aliphatic carbocycles. The highest BCUT2D eigenvalue weighted by Crippen LogP contribution is 2.21. The van der Waals surface area contributed by atoms with Crippen LogP contribution in [0.3, 0.4) is 0 Å². The Morgan fingerprint density at radius 3 is 3.05 bits per heavy atom. The summed E-state index contributed by atoms with van der Waals surface area (Å²) in [5.74, 6) is 0. The third kappa shape index (κ3) is 2.62. The van der Waals surface area contributed by atoms with E-state index in [9.17, 15) is 0 Å². The minimum atomic E-state index is 0.224. The minimum absolute atomic E-state index is 0.224. The zero-order valence-electron chi connectivity index (χ0n) is 11.7. The highest BCUT2D eigenvalue weighted by molar-refractivity contribution is 5.78. The molecule has 1 aromatic carbocycles. The van der Waals surface area contributed by atoms with Gasteiger partial charge in [0.1, 0.15) is 0 Å². The summed E-state index contributed by atoms with van der Waals surface area (Å²) in [5, 5.41) is 4.70. The molecule has 1 aromatic heterocycles. The van der Waals surface area contributed by atoms with Crippen molar-refractivity contribution < 1.29 is 0 Å². The Morgan fingerprint density at radius 2 is 2.21 bits per heavy atom. The third-order valence-corrected chi connectivity index (χ3v) is 4.01. The van der Waals surface area contributed by atoms with Crippen LogP contribution in [0.25, 0.3) is 10.9 Å². The Morgan fingerprint density at radius 1 is 1.32 bits per heavy atom. The monoisotopic (exact) mass is 255 g/mol. The van der Waals surface area contributed by atoms with Crippen LogP contribution in [0.1, 0.15) is 19.4 Å². The van der Waals surface area contributed by atoms with Crippen molar-refractivity contribution in [2.75, 3.05) is 19.6 Å². The molecular weight excluding hydrogens is 234 g/mol. The van der Waals surface area contributed by atoms with Crippen LogP contribution in [0.5, 0.6) is 0 Å². The number of pyridine rings is 1. The van der Waals surface area contributed by atoms with Gasteiger partial charge in [-0.1, -0.05) is 12.1 Å². The Kier molecular flexibility index (Phi) is 3.25. The van der Waals surface area contributed by atoms with Crippen molar-refractivity contribution in [3.63, 3.8) is 0 Å². The van der Waals surface area contributed by atoms with Crippen molar-refractivity contribution in [3.8, 4) is 0 Å². The Hall–Kier alpha value is -1.45. The number of benzene rings is 1. The molecule has 0 spiro atoms. The summed E-state index contributed by atoms with van der Waals surface area (Å²) >= 11 is 0. The summed E-state index contributed by atoms with van der Waals surface area (Å²) in [7, 11) is 0. The first kappa shape index (κ1) is 12.6. The predicted octanol–water partition coefficient (Wildman–Crippen LogP) is 2.42. The van der Waals surface area contributed by atoms with Crippen LogP contribution in [0.4, 0.5) is 0 Å². The number of rotatable bonds is 2. The van der Waals surface area contributed by atoms with Crippen LogP contribution in [-0.2, 0) is 6.54 Å². The van der Waals surface area contributed by atoms with Crippen LogP contribution >= 0.6 is 0 Å². The standard InChI is InChI=1S/C16H21N3/c1-16(2)12-17-8-9-19(16)11-13-5-6-15-14(10-13)4-3-7-18-15/h3-7,10,17H,8-9,11-12H2,1-2H3. The van der Waals surface area contributed by atoms with Gasteiger partial charge in [-0.25, -0.2) is 0 Å². The van der Waals surface area contributed by atoms with Gasteiger partial charge in [-0.3, -0.25) is 9.88 Å². The minimum Gasteiger partial charge on any atom is -0.314 e. The molecule has 0 saturated carbocycles. The van der Waals surface area contributed by atoms with E-state index in [0.717, 1.165) is 31.7 Å². The van der Waals surface area contributed by atoms with Crippen molar-refractivity contribution in [2.24, 2.45) is 0 Å². The maximum Gasteiger partial charge on any atom is 0.0702 e. The van der Waals surface area contributed by atoms with Crippen LogP contribution in [0.15, 0.2) is 36.5 Å². The van der Waals surface area contributed by atoms with E-state index < -0.39 is 0 Å². The molecule has 1 saturated heterocycles. The molecule has 1 N–H and O–H groups in total. The number of hydrogen-bond acceptors (Lipinski definition) is 3. The quantitative estimate of drug-likeness (QED) is 0.893. The second-order valence-corrected chi connectivity index (χ2v) is 5.94.